The Bertz CT molecular complexity index is 1530. The summed E-state index contributed by atoms with van der Waals surface area (Å²) in [6.45, 7) is 8.83. The third kappa shape index (κ3) is 4.16. The molecule has 0 amide bonds. The Morgan fingerprint density at radius 1 is 1.07 bits per heavy atom. The topological polar surface area (TPSA) is 102 Å². The lowest BCUT2D eigenvalue weighted by Gasteiger charge is -2.58. The van der Waals surface area contributed by atoms with Gasteiger partial charge in [-0.3, -0.25) is 9.59 Å². The SMILES string of the molecule is CC(C)=CCc1c(O)cc2c(c1O)C(=O)C1=C[C@H]3C(=O)[C@]4(CC=C(C)C)OC[C@H]([C@H]3COCCc3ccccc3)[C@]14O2. The number of ether oxygens (including phenoxy) is 3. The zero-order valence-electron chi connectivity index (χ0n) is 24.6. The number of benzene rings is 2. The van der Waals surface area contributed by atoms with Crippen molar-refractivity contribution in [3.05, 3.63) is 88.0 Å². The molecule has 2 fully saturated rings. The van der Waals surface area contributed by atoms with Gasteiger partial charge in [-0.05, 0) is 46.1 Å². The molecule has 1 saturated carbocycles. The first-order valence-corrected chi connectivity index (χ1v) is 14.7. The van der Waals surface area contributed by atoms with Gasteiger partial charge in [-0.25, -0.2) is 0 Å². The fraction of sp³-hybridized carbons (Fsp3) is 0.429. The number of hydrogen-bond donors (Lipinski definition) is 2. The van der Waals surface area contributed by atoms with Gasteiger partial charge >= 0.3 is 0 Å². The van der Waals surface area contributed by atoms with Gasteiger partial charge in [-0.15, -0.1) is 0 Å². The minimum absolute atomic E-state index is 0.0225. The van der Waals surface area contributed by atoms with E-state index in [9.17, 15) is 19.8 Å². The predicted molar refractivity (Wildman–Crippen MR) is 158 cm³/mol. The number of fused-ring (bicyclic) bond motifs is 1. The summed E-state index contributed by atoms with van der Waals surface area (Å²) >= 11 is 0. The Labute approximate surface area is 246 Å². The van der Waals surface area contributed by atoms with Gasteiger partial charge in [0.15, 0.2) is 22.8 Å². The highest BCUT2D eigenvalue weighted by atomic mass is 16.6. The van der Waals surface area contributed by atoms with Crippen LogP contribution in [0.3, 0.4) is 0 Å². The summed E-state index contributed by atoms with van der Waals surface area (Å²) in [5.41, 5.74) is 1.09. The second-order valence-corrected chi connectivity index (χ2v) is 12.4. The Balaban J connectivity index is 1.40. The highest BCUT2D eigenvalue weighted by Gasteiger charge is 2.79. The second kappa shape index (κ2) is 10.5. The summed E-state index contributed by atoms with van der Waals surface area (Å²) in [5, 5.41) is 22.2. The summed E-state index contributed by atoms with van der Waals surface area (Å²) in [7, 11) is 0. The number of allylic oxidation sites excluding steroid dienone is 4. The quantitative estimate of drug-likeness (QED) is 0.296. The van der Waals surface area contributed by atoms with E-state index in [4.69, 9.17) is 14.2 Å². The molecule has 2 heterocycles. The van der Waals surface area contributed by atoms with Crippen LogP contribution in [-0.4, -0.2) is 52.8 Å². The van der Waals surface area contributed by atoms with Crippen molar-refractivity contribution in [2.75, 3.05) is 19.8 Å². The van der Waals surface area contributed by atoms with E-state index in [0.29, 0.717) is 18.8 Å². The van der Waals surface area contributed by atoms with Crippen molar-refractivity contribution in [1.29, 1.82) is 0 Å². The summed E-state index contributed by atoms with van der Waals surface area (Å²) in [4.78, 5) is 28.6. The first-order chi connectivity index (χ1) is 20.1. The van der Waals surface area contributed by atoms with Crippen LogP contribution in [0.2, 0.25) is 0 Å². The first kappa shape index (κ1) is 28.4. The third-order valence-corrected chi connectivity index (χ3v) is 9.35. The van der Waals surface area contributed by atoms with E-state index in [1.165, 1.54) is 11.6 Å². The van der Waals surface area contributed by atoms with Crippen LogP contribution in [0.25, 0.3) is 0 Å². The molecule has 0 unspecified atom stereocenters. The van der Waals surface area contributed by atoms with Gasteiger partial charge < -0.3 is 24.4 Å². The molecule has 2 aromatic carbocycles. The number of carbonyl (C=O) groups is 2. The van der Waals surface area contributed by atoms with Crippen molar-refractivity contribution < 1.29 is 34.0 Å². The molecule has 220 valence electrons. The normalized spacial score (nSPS) is 28.5. The minimum Gasteiger partial charge on any atom is -0.507 e. The van der Waals surface area contributed by atoms with Gasteiger partial charge in [0.25, 0.3) is 0 Å². The highest BCUT2D eigenvalue weighted by molar-refractivity contribution is 6.18. The molecule has 2 aliphatic heterocycles. The van der Waals surface area contributed by atoms with Gasteiger partial charge in [0.05, 0.1) is 19.8 Å². The molecule has 5 atom stereocenters. The van der Waals surface area contributed by atoms with Crippen LogP contribution in [0, 0.1) is 17.8 Å². The lowest BCUT2D eigenvalue weighted by atomic mass is 9.49. The number of phenols is 2. The fourth-order valence-electron chi connectivity index (χ4n) is 7.25. The van der Waals surface area contributed by atoms with E-state index in [1.54, 1.807) is 6.08 Å². The molecule has 2 aromatic rings. The average molecular weight is 571 g/mol. The Hall–Kier alpha value is -3.68. The van der Waals surface area contributed by atoms with Crippen molar-refractivity contribution in [2.24, 2.45) is 17.8 Å². The molecule has 4 bridgehead atoms. The number of carbonyl (C=O) groups excluding carboxylic acids is 2. The van der Waals surface area contributed by atoms with E-state index in [0.717, 1.165) is 17.6 Å². The standard InChI is InChI=1S/C35H38O7/c1-20(2)10-11-23-28(36)17-29-30(31(23)37)32(38)26-16-24-25(18-40-15-13-22-8-6-5-7-9-22)27-19-41-34(33(24)39,14-12-21(3)4)35(26,27)42-29/h5-10,12,16-17,24-25,27,36-37H,11,13-15,18-19H2,1-4H3/t24-,25+,27-,34+,35-/m1/s1. The molecular weight excluding hydrogens is 532 g/mol. The van der Waals surface area contributed by atoms with E-state index in [2.05, 4.69) is 12.1 Å². The van der Waals surface area contributed by atoms with Crippen LogP contribution in [-0.2, 0) is 27.1 Å². The van der Waals surface area contributed by atoms with Crippen molar-refractivity contribution in [3.63, 3.8) is 0 Å². The van der Waals surface area contributed by atoms with Crippen LogP contribution >= 0.6 is 0 Å². The van der Waals surface area contributed by atoms with E-state index in [1.807, 2.05) is 58.0 Å². The largest absolute Gasteiger partial charge is 0.507 e. The lowest BCUT2D eigenvalue weighted by molar-refractivity contribution is -0.172. The number of rotatable bonds is 9. The Kier molecular flexibility index (Phi) is 7.14. The fourth-order valence-corrected chi connectivity index (χ4v) is 7.25. The van der Waals surface area contributed by atoms with Crippen LogP contribution in [0.4, 0.5) is 0 Å². The zero-order chi connectivity index (χ0) is 29.8. The number of hydrogen-bond acceptors (Lipinski definition) is 7. The van der Waals surface area contributed by atoms with E-state index in [-0.39, 0.29) is 71.2 Å². The van der Waals surface area contributed by atoms with Crippen LogP contribution in [0.5, 0.6) is 17.2 Å². The zero-order valence-corrected chi connectivity index (χ0v) is 24.6. The van der Waals surface area contributed by atoms with Gasteiger partial charge in [-0.2, -0.15) is 0 Å². The minimum atomic E-state index is -1.39. The lowest BCUT2D eigenvalue weighted by Crippen LogP contribution is -2.74. The van der Waals surface area contributed by atoms with Gasteiger partial charge in [0.2, 0.25) is 0 Å². The Morgan fingerprint density at radius 3 is 2.52 bits per heavy atom. The number of aromatic hydroxyl groups is 2. The molecule has 7 rings (SSSR count). The maximum Gasteiger partial charge on any atom is 0.200 e. The van der Waals surface area contributed by atoms with E-state index >= 15 is 0 Å². The van der Waals surface area contributed by atoms with Gasteiger partial charge in [-0.1, -0.05) is 59.7 Å². The smallest absolute Gasteiger partial charge is 0.200 e. The molecule has 1 saturated heterocycles. The second-order valence-electron chi connectivity index (χ2n) is 12.4. The number of ketones is 2. The van der Waals surface area contributed by atoms with Crippen LogP contribution in [0.1, 0.15) is 55.6 Å². The molecule has 42 heavy (non-hydrogen) atoms. The predicted octanol–water partition coefficient (Wildman–Crippen LogP) is 5.68. The molecule has 0 radical (unpaired) electrons. The maximum absolute atomic E-state index is 14.3. The maximum atomic E-state index is 14.3. The van der Waals surface area contributed by atoms with Crippen LogP contribution < -0.4 is 4.74 Å². The highest BCUT2D eigenvalue weighted by Crippen LogP contribution is 2.65. The van der Waals surface area contributed by atoms with Gasteiger partial charge in [0, 0.05) is 41.4 Å². The van der Waals surface area contributed by atoms with Crippen LogP contribution in [0.15, 0.2) is 71.3 Å². The average Bonchev–Trinajstić information content (AvgIpc) is 3.23. The molecule has 3 aliphatic carbocycles. The monoisotopic (exact) mass is 570 g/mol. The summed E-state index contributed by atoms with van der Waals surface area (Å²) in [5.74, 6) is -2.02. The van der Waals surface area contributed by atoms with E-state index < -0.39 is 17.1 Å². The van der Waals surface area contributed by atoms with Gasteiger partial charge in [0.1, 0.15) is 22.8 Å². The first-order valence-electron chi connectivity index (χ1n) is 14.7. The third-order valence-electron chi connectivity index (χ3n) is 9.35. The van der Waals surface area contributed by atoms with Crippen molar-refractivity contribution in [2.45, 2.75) is 58.2 Å². The molecule has 2 N–H and O–H groups in total. The summed E-state index contributed by atoms with van der Waals surface area (Å²) < 4.78 is 19.4. The molecule has 0 aromatic heterocycles. The molecular formula is C35H38O7. The number of phenolic OH excluding ortho intramolecular Hbond substituents is 2. The number of Topliss-reactive ketones (excluding diaryl/α,β-unsaturated/α-hetero) is 2. The summed E-state index contributed by atoms with van der Waals surface area (Å²) in [6.07, 6.45) is 6.86. The molecule has 7 nitrogen and oxygen atoms in total. The molecule has 5 aliphatic rings. The van der Waals surface area contributed by atoms with Crippen molar-refractivity contribution in [3.8, 4) is 17.2 Å². The molecule has 7 heteroatoms. The molecule has 1 spiro atoms. The Morgan fingerprint density at radius 2 is 1.81 bits per heavy atom. The van der Waals surface area contributed by atoms with Crippen molar-refractivity contribution >= 4 is 11.6 Å². The van der Waals surface area contributed by atoms with Crippen molar-refractivity contribution in [1.82, 2.24) is 0 Å². The summed E-state index contributed by atoms with van der Waals surface area (Å²) in [6, 6.07) is 11.5.